The molecule has 0 fully saturated rings. The first-order valence-electron chi connectivity index (χ1n) is 10.3. The first-order chi connectivity index (χ1) is 16.1. The number of nitrogens with one attached hydrogen (secondary N) is 2. The summed E-state index contributed by atoms with van der Waals surface area (Å²) in [4.78, 5) is 17.1. The number of pyridine rings is 2. The Balaban J connectivity index is 1.64. The molecule has 0 spiro atoms. The molecule has 0 bridgehead atoms. The number of aromatic amines is 2. The number of hydrogen-bond donors (Lipinski definition) is 3. The number of fused-ring (bicyclic) bond motifs is 2. The van der Waals surface area contributed by atoms with Crippen molar-refractivity contribution in [3.63, 3.8) is 0 Å². The lowest BCUT2D eigenvalue weighted by atomic mass is 10.1. The normalized spacial score (nSPS) is 12.5. The highest BCUT2D eigenvalue weighted by Gasteiger charge is 2.17. The van der Waals surface area contributed by atoms with E-state index in [1.807, 2.05) is 37.3 Å². The van der Waals surface area contributed by atoms with Gasteiger partial charge in [-0.2, -0.15) is 5.10 Å². The van der Waals surface area contributed by atoms with Crippen LogP contribution < -0.4 is 5.73 Å². The van der Waals surface area contributed by atoms with Gasteiger partial charge in [0.05, 0.1) is 28.4 Å². The highest BCUT2D eigenvalue weighted by Crippen LogP contribution is 2.31. The maximum Gasteiger partial charge on any atom is 0.161 e. The van der Waals surface area contributed by atoms with E-state index in [0.29, 0.717) is 33.8 Å². The molecule has 1 aromatic carbocycles. The molecule has 0 saturated carbocycles. The number of aromatic nitrogens is 6. The average Bonchev–Trinajstić information content (AvgIpc) is 3.45. The molecule has 162 valence electrons. The minimum absolute atomic E-state index is 0.318. The quantitative estimate of drug-likeness (QED) is 0.330. The lowest BCUT2D eigenvalue weighted by Crippen LogP contribution is -1.95. The monoisotopic (exact) mass is 437 g/mol. The van der Waals surface area contributed by atoms with Gasteiger partial charge >= 0.3 is 0 Å². The van der Waals surface area contributed by atoms with Gasteiger partial charge in [-0.25, -0.2) is 14.4 Å². The Labute approximate surface area is 188 Å². The van der Waals surface area contributed by atoms with Crippen molar-refractivity contribution in [2.75, 3.05) is 0 Å². The maximum atomic E-state index is 13.8. The number of benzene rings is 1. The average molecular weight is 437 g/mol. The van der Waals surface area contributed by atoms with Crippen LogP contribution in [0, 0.1) is 5.82 Å². The number of nitrogens with two attached hydrogens (primary N) is 1. The van der Waals surface area contributed by atoms with Gasteiger partial charge in [-0.3, -0.25) is 10.1 Å². The lowest BCUT2D eigenvalue weighted by Gasteiger charge is -2.03. The topological polar surface area (TPSA) is 109 Å². The highest BCUT2D eigenvalue weighted by atomic mass is 19.1. The molecule has 0 atom stereocenters. The Morgan fingerprint density at radius 3 is 2.76 bits per heavy atom. The van der Waals surface area contributed by atoms with E-state index < -0.39 is 0 Å². The van der Waals surface area contributed by atoms with E-state index in [-0.39, 0.29) is 5.82 Å². The summed E-state index contributed by atoms with van der Waals surface area (Å²) in [5.41, 5.74) is 12.9. The van der Waals surface area contributed by atoms with Crippen molar-refractivity contribution >= 4 is 27.6 Å². The van der Waals surface area contributed by atoms with Gasteiger partial charge in [-0.05, 0) is 54.5 Å². The Hall–Kier alpha value is -4.59. The van der Waals surface area contributed by atoms with Gasteiger partial charge in [-0.15, -0.1) is 0 Å². The fraction of sp³-hybridized carbons (Fsp3) is 0.0400. The number of H-pyrrole nitrogens is 2. The molecule has 4 N–H and O–H groups in total. The van der Waals surface area contributed by atoms with Crippen LogP contribution in [0.5, 0.6) is 0 Å². The van der Waals surface area contributed by atoms with Crippen LogP contribution in [0.1, 0.15) is 12.6 Å². The van der Waals surface area contributed by atoms with Crippen molar-refractivity contribution in [3.8, 4) is 22.6 Å². The van der Waals surface area contributed by atoms with Crippen LogP contribution in [0.25, 0.3) is 50.3 Å². The molecule has 8 heteroatoms. The second-order valence-corrected chi connectivity index (χ2v) is 7.44. The van der Waals surface area contributed by atoms with Crippen molar-refractivity contribution in [3.05, 3.63) is 90.8 Å². The second-order valence-electron chi connectivity index (χ2n) is 7.44. The Morgan fingerprint density at radius 1 is 1.09 bits per heavy atom. The summed E-state index contributed by atoms with van der Waals surface area (Å²) in [5, 5.41) is 7.45. The molecule has 0 radical (unpaired) electrons. The molecule has 0 aliphatic heterocycles. The summed E-state index contributed by atoms with van der Waals surface area (Å²) < 4.78 is 13.8. The van der Waals surface area contributed by atoms with Crippen molar-refractivity contribution in [2.24, 2.45) is 5.73 Å². The third kappa shape index (κ3) is 3.67. The van der Waals surface area contributed by atoms with E-state index in [4.69, 9.17) is 15.7 Å². The van der Waals surface area contributed by atoms with Crippen molar-refractivity contribution in [1.29, 1.82) is 0 Å². The molecular formula is C25H20FN7. The van der Waals surface area contributed by atoms with Crippen molar-refractivity contribution in [2.45, 2.75) is 6.92 Å². The number of imidazole rings is 1. The number of rotatable bonds is 5. The smallest absolute Gasteiger partial charge is 0.161 e. The molecule has 0 amide bonds. The predicted molar refractivity (Wildman–Crippen MR) is 128 cm³/mol. The van der Waals surface area contributed by atoms with Crippen molar-refractivity contribution < 1.29 is 4.39 Å². The van der Waals surface area contributed by atoms with Crippen LogP contribution in [-0.4, -0.2) is 30.1 Å². The molecule has 0 aliphatic rings. The minimum Gasteiger partial charge on any atom is -0.399 e. The third-order valence-corrected chi connectivity index (χ3v) is 5.33. The summed E-state index contributed by atoms with van der Waals surface area (Å²) in [5.74, 6) is 0.218. The van der Waals surface area contributed by atoms with Crippen LogP contribution in [-0.2, 0) is 0 Å². The van der Waals surface area contributed by atoms with Crippen LogP contribution in [0.15, 0.2) is 79.3 Å². The van der Waals surface area contributed by atoms with Gasteiger partial charge in [-0.1, -0.05) is 24.8 Å². The first kappa shape index (κ1) is 20.3. The largest absolute Gasteiger partial charge is 0.399 e. The van der Waals surface area contributed by atoms with Gasteiger partial charge in [0.2, 0.25) is 0 Å². The van der Waals surface area contributed by atoms with Gasteiger partial charge in [0.25, 0.3) is 0 Å². The van der Waals surface area contributed by atoms with Gasteiger partial charge in [0, 0.05) is 17.5 Å². The summed E-state index contributed by atoms with van der Waals surface area (Å²) in [7, 11) is 0. The van der Waals surface area contributed by atoms with E-state index >= 15 is 0 Å². The van der Waals surface area contributed by atoms with Crippen LogP contribution >= 0.6 is 0 Å². The van der Waals surface area contributed by atoms with Crippen molar-refractivity contribution in [1.82, 2.24) is 30.1 Å². The van der Waals surface area contributed by atoms with Gasteiger partial charge in [0.1, 0.15) is 11.3 Å². The number of allylic oxidation sites excluding steroid dienone is 4. The maximum absolute atomic E-state index is 13.8. The van der Waals surface area contributed by atoms with Gasteiger partial charge in [0.15, 0.2) is 11.5 Å². The number of halogens is 1. The standard InChI is InChI=1S/C25H20FN7/c1-3-14(11-17(27)4-2)19-8-9-20-23(29-19)24(33-32-20)25-30-21-13-28-12-18(22(21)31-25)15-6-5-7-16(26)10-15/h3-13H,2,27H2,1H3,(H,30,31)(H,32,33)/b14-3+,17-11+. The van der Waals surface area contributed by atoms with Gasteiger partial charge < -0.3 is 10.7 Å². The Morgan fingerprint density at radius 2 is 1.97 bits per heavy atom. The van der Waals surface area contributed by atoms with Crippen LogP contribution in [0.3, 0.4) is 0 Å². The van der Waals surface area contributed by atoms with E-state index in [0.717, 1.165) is 27.9 Å². The SMILES string of the molecule is C=C/C(N)=C\C(=C/C)c1ccc2[nH]nc(-c3nc4c(-c5cccc(F)c5)cncc4[nH]3)c2n1. The summed E-state index contributed by atoms with van der Waals surface area (Å²) in [6, 6.07) is 10.2. The highest BCUT2D eigenvalue weighted by molar-refractivity contribution is 5.95. The number of nitrogens with zero attached hydrogens (tertiary/aromatic N) is 4. The molecule has 4 heterocycles. The molecule has 5 rings (SSSR count). The Bertz CT molecular complexity index is 1570. The van der Waals surface area contributed by atoms with E-state index in [9.17, 15) is 4.39 Å². The molecule has 4 aromatic heterocycles. The zero-order valence-corrected chi connectivity index (χ0v) is 17.8. The molecule has 0 unspecified atom stereocenters. The molecule has 5 aromatic rings. The fourth-order valence-corrected chi connectivity index (χ4v) is 3.68. The van der Waals surface area contributed by atoms with E-state index in [1.54, 1.807) is 24.5 Å². The molecule has 0 aliphatic carbocycles. The summed E-state index contributed by atoms with van der Waals surface area (Å²) in [6.45, 7) is 5.62. The van der Waals surface area contributed by atoms with E-state index in [1.165, 1.54) is 12.1 Å². The molecular weight excluding hydrogens is 417 g/mol. The van der Waals surface area contributed by atoms with Crippen LogP contribution in [0.2, 0.25) is 0 Å². The second kappa shape index (κ2) is 8.16. The zero-order valence-electron chi connectivity index (χ0n) is 17.8. The summed E-state index contributed by atoms with van der Waals surface area (Å²) >= 11 is 0. The number of hydrogen-bond acceptors (Lipinski definition) is 5. The lowest BCUT2D eigenvalue weighted by molar-refractivity contribution is 0.628. The Kier molecular flexibility index (Phi) is 5.02. The van der Waals surface area contributed by atoms with E-state index in [2.05, 4.69) is 26.7 Å². The third-order valence-electron chi connectivity index (χ3n) is 5.33. The zero-order chi connectivity index (χ0) is 22.9. The van der Waals surface area contributed by atoms with Crippen LogP contribution in [0.4, 0.5) is 4.39 Å². The first-order valence-corrected chi connectivity index (χ1v) is 10.3. The minimum atomic E-state index is -0.318. The fourth-order valence-electron chi connectivity index (χ4n) is 3.68. The summed E-state index contributed by atoms with van der Waals surface area (Å²) in [6.07, 6.45) is 8.70. The predicted octanol–water partition coefficient (Wildman–Crippen LogP) is 5.13. The molecule has 33 heavy (non-hydrogen) atoms. The molecule has 0 saturated heterocycles. The molecule has 7 nitrogen and oxygen atoms in total.